The van der Waals surface area contributed by atoms with Gasteiger partial charge >= 0.3 is 0 Å². The van der Waals surface area contributed by atoms with E-state index in [-0.39, 0.29) is 30.5 Å². The number of nitrogens with one attached hydrogen (secondary N) is 1. The smallest absolute Gasteiger partial charge is 0.254 e. The Labute approximate surface area is 251 Å². The van der Waals surface area contributed by atoms with Gasteiger partial charge in [-0.15, -0.1) is 0 Å². The van der Waals surface area contributed by atoms with Gasteiger partial charge in [-0.2, -0.15) is 0 Å². The summed E-state index contributed by atoms with van der Waals surface area (Å²) in [6.07, 6.45) is 4.31. The van der Waals surface area contributed by atoms with Crippen molar-refractivity contribution in [3.05, 3.63) is 77.1 Å². The SMILES string of the molecule is Cc1ccc2cc1Oc1cccc(c1)CO[C@@H]1CCN(Cc3cnc(N4CCOCC4)nc3)C[C@@H]1NC(=O)CN(C)C2=O. The van der Waals surface area contributed by atoms with Crippen molar-refractivity contribution in [3.63, 3.8) is 0 Å². The van der Waals surface area contributed by atoms with Gasteiger partial charge in [-0.25, -0.2) is 9.97 Å². The molecular formula is C32H38N6O5. The van der Waals surface area contributed by atoms with Crippen LogP contribution in [0.2, 0.25) is 0 Å². The summed E-state index contributed by atoms with van der Waals surface area (Å²) in [5.41, 5.74) is 3.36. The van der Waals surface area contributed by atoms with Gasteiger partial charge in [0.05, 0.1) is 38.5 Å². The third kappa shape index (κ3) is 7.12. The second-order valence-electron chi connectivity index (χ2n) is 11.4. The van der Waals surface area contributed by atoms with E-state index in [0.29, 0.717) is 50.0 Å². The molecule has 3 aromatic rings. The second kappa shape index (κ2) is 13.1. The van der Waals surface area contributed by atoms with E-state index in [0.717, 1.165) is 48.7 Å². The van der Waals surface area contributed by atoms with Crippen molar-refractivity contribution >= 4 is 17.8 Å². The van der Waals surface area contributed by atoms with Crippen LogP contribution in [0.3, 0.4) is 0 Å². The molecule has 2 fully saturated rings. The summed E-state index contributed by atoms with van der Waals surface area (Å²) in [4.78, 5) is 41.5. The molecule has 2 amide bonds. The zero-order valence-corrected chi connectivity index (χ0v) is 24.7. The fourth-order valence-electron chi connectivity index (χ4n) is 5.73. The molecule has 2 saturated heterocycles. The number of fused-ring (bicyclic) bond motifs is 5. The van der Waals surface area contributed by atoms with Crippen LogP contribution in [0, 0.1) is 6.92 Å². The normalized spacial score (nSPS) is 22.0. The second-order valence-corrected chi connectivity index (χ2v) is 11.4. The highest BCUT2D eigenvalue weighted by Crippen LogP contribution is 2.28. The number of hydrogen-bond acceptors (Lipinski definition) is 9. The number of aromatic nitrogens is 2. The Morgan fingerprint density at radius 1 is 1.02 bits per heavy atom. The number of likely N-dealkylation sites (tertiary alicyclic amines) is 1. The number of anilines is 1. The lowest BCUT2D eigenvalue weighted by atomic mass is 10.0. The summed E-state index contributed by atoms with van der Waals surface area (Å²) in [7, 11) is 1.64. The van der Waals surface area contributed by atoms with Crippen LogP contribution in [0.4, 0.5) is 5.95 Å². The molecule has 6 rings (SSSR count). The van der Waals surface area contributed by atoms with E-state index in [9.17, 15) is 9.59 Å². The molecule has 2 aromatic carbocycles. The topological polar surface area (TPSA) is 109 Å². The fraction of sp³-hybridized carbons (Fsp3) is 0.438. The Balaban J connectivity index is 1.18. The Morgan fingerprint density at radius 3 is 2.65 bits per heavy atom. The summed E-state index contributed by atoms with van der Waals surface area (Å²) < 4.78 is 18.0. The van der Waals surface area contributed by atoms with Crippen LogP contribution >= 0.6 is 0 Å². The van der Waals surface area contributed by atoms with E-state index < -0.39 is 0 Å². The molecule has 4 heterocycles. The van der Waals surface area contributed by atoms with Crippen molar-refractivity contribution in [1.29, 1.82) is 0 Å². The van der Waals surface area contributed by atoms with Crippen molar-refractivity contribution in [2.45, 2.75) is 38.6 Å². The van der Waals surface area contributed by atoms with Gasteiger partial charge in [0.25, 0.3) is 5.91 Å². The lowest BCUT2D eigenvalue weighted by molar-refractivity contribution is -0.125. The quantitative estimate of drug-likeness (QED) is 0.496. The number of benzene rings is 2. The van der Waals surface area contributed by atoms with Crippen LogP contribution in [0.1, 0.15) is 33.5 Å². The molecule has 1 N–H and O–H groups in total. The Kier molecular flexibility index (Phi) is 8.82. The van der Waals surface area contributed by atoms with Crippen molar-refractivity contribution in [2.24, 2.45) is 0 Å². The Bertz CT molecular complexity index is 1440. The summed E-state index contributed by atoms with van der Waals surface area (Å²) in [5.74, 6) is 1.52. The van der Waals surface area contributed by atoms with E-state index in [1.165, 1.54) is 4.90 Å². The van der Waals surface area contributed by atoms with Gasteiger partial charge in [-0.05, 0) is 48.7 Å². The predicted octanol–water partition coefficient (Wildman–Crippen LogP) is 2.78. The summed E-state index contributed by atoms with van der Waals surface area (Å²) in [5, 5.41) is 3.17. The minimum Gasteiger partial charge on any atom is -0.457 e. The molecule has 4 bridgehead atoms. The maximum absolute atomic E-state index is 13.2. The van der Waals surface area contributed by atoms with E-state index in [1.54, 1.807) is 19.2 Å². The molecule has 11 heteroatoms. The minimum absolute atomic E-state index is 0.0675. The molecule has 3 aliphatic rings. The molecule has 0 saturated carbocycles. The van der Waals surface area contributed by atoms with Gasteiger partial charge in [0.2, 0.25) is 11.9 Å². The number of carbonyl (C=O) groups excluding carboxylic acids is 2. The van der Waals surface area contributed by atoms with Crippen LogP contribution < -0.4 is 15.0 Å². The van der Waals surface area contributed by atoms with E-state index in [4.69, 9.17) is 14.2 Å². The minimum atomic E-state index is -0.253. The Morgan fingerprint density at radius 2 is 1.84 bits per heavy atom. The molecule has 226 valence electrons. The number of rotatable bonds is 3. The fourth-order valence-corrected chi connectivity index (χ4v) is 5.73. The molecule has 2 atom stereocenters. The number of nitrogens with zero attached hydrogens (tertiary/aromatic N) is 5. The number of carbonyl (C=O) groups is 2. The standard InChI is InChI=1S/C32H38N6O5/c1-22-6-7-25-15-29(22)43-26-5-3-4-23(14-26)21-42-28-8-9-37(19-27(28)35-30(39)20-36(2)31(25)40)18-24-16-33-32(34-17-24)38-10-12-41-13-11-38/h3-7,14-17,27-28H,8-13,18-21H2,1-2H3,(H,35,39)/t27-,28+/m0/s1. The van der Waals surface area contributed by atoms with Gasteiger partial charge in [-0.3, -0.25) is 14.5 Å². The highest BCUT2D eigenvalue weighted by molar-refractivity contribution is 5.96. The van der Waals surface area contributed by atoms with Crippen molar-refractivity contribution in [1.82, 2.24) is 25.1 Å². The van der Waals surface area contributed by atoms with Crippen molar-refractivity contribution in [2.75, 3.05) is 57.9 Å². The molecule has 0 radical (unpaired) electrons. The van der Waals surface area contributed by atoms with Crippen LogP contribution in [0.25, 0.3) is 0 Å². The summed E-state index contributed by atoms with van der Waals surface area (Å²) >= 11 is 0. The first-order valence-electron chi connectivity index (χ1n) is 14.8. The van der Waals surface area contributed by atoms with Crippen molar-refractivity contribution in [3.8, 4) is 11.5 Å². The van der Waals surface area contributed by atoms with Gasteiger partial charge in [0.1, 0.15) is 11.5 Å². The monoisotopic (exact) mass is 586 g/mol. The number of morpholine rings is 1. The average molecular weight is 587 g/mol. The molecule has 0 unspecified atom stereocenters. The van der Waals surface area contributed by atoms with Crippen LogP contribution in [0.5, 0.6) is 11.5 Å². The number of likely N-dealkylation sites (N-methyl/N-ethyl adjacent to an activating group) is 1. The zero-order valence-electron chi connectivity index (χ0n) is 24.7. The van der Waals surface area contributed by atoms with Gasteiger partial charge in [-0.1, -0.05) is 18.2 Å². The van der Waals surface area contributed by atoms with E-state index >= 15 is 0 Å². The zero-order chi connectivity index (χ0) is 29.8. The number of amides is 2. The molecule has 43 heavy (non-hydrogen) atoms. The van der Waals surface area contributed by atoms with Gasteiger partial charge < -0.3 is 29.3 Å². The van der Waals surface area contributed by atoms with Crippen LogP contribution in [0.15, 0.2) is 54.9 Å². The average Bonchev–Trinajstić information content (AvgIpc) is 3.02. The molecular weight excluding hydrogens is 548 g/mol. The van der Waals surface area contributed by atoms with E-state index in [1.807, 2.05) is 49.6 Å². The number of aryl methyl sites for hydroxylation is 1. The lowest BCUT2D eigenvalue weighted by Gasteiger charge is -2.39. The third-order valence-corrected chi connectivity index (χ3v) is 8.12. The predicted molar refractivity (Wildman–Crippen MR) is 160 cm³/mol. The molecule has 0 aliphatic carbocycles. The first-order valence-corrected chi connectivity index (χ1v) is 14.8. The highest BCUT2D eigenvalue weighted by atomic mass is 16.5. The van der Waals surface area contributed by atoms with Gasteiger partial charge in [0.15, 0.2) is 0 Å². The third-order valence-electron chi connectivity index (χ3n) is 8.12. The van der Waals surface area contributed by atoms with E-state index in [2.05, 4.69) is 25.1 Å². The Hall–Kier alpha value is -4.06. The van der Waals surface area contributed by atoms with Crippen LogP contribution in [-0.2, 0) is 27.4 Å². The largest absolute Gasteiger partial charge is 0.457 e. The maximum Gasteiger partial charge on any atom is 0.254 e. The number of hydrogen-bond donors (Lipinski definition) is 1. The molecule has 0 spiro atoms. The molecule has 1 aromatic heterocycles. The summed E-state index contributed by atoms with van der Waals surface area (Å²) in [6, 6.07) is 12.9. The molecule has 11 nitrogen and oxygen atoms in total. The maximum atomic E-state index is 13.2. The highest BCUT2D eigenvalue weighted by Gasteiger charge is 2.32. The molecule has 3 aliphatic heterocycles. The van der Waals surface area contributed by atoms with Crippen molar-refractivity contribution < 1.29 is 23.8 Å². The number of piperidine rings is 1. The van der Waals surface area contributed by atoms with Crippen LogP contribution in [-0.4, -0.2) is 96.7 Å². The number of ether oxygens (including phenoxy) is 3. The van der Waals surface area contributed by atoms with Gasteiger partial charge in [0, 0.05) is 63.3 Å². The lowest BCUT2D eigenvalue weighted by Crippen LogP contribution is -2.57. The first kappa shape index (κ1) is 29.0. The summed E-state index contributed by atoms with van der Waals surface area (Å²) in [6.45, 7) is 7.28. The first-order chi connectivity index (χ1) is 20.9.